The molecule has 0 saturated carbocycles. The lowest BCUT2D eigenvalue weighted by atomic mass is 9.99. The lowest BCUT2D eigenvalue weighted by Gasteiger charge is -2.08. The number of hydrogen-bond donors (Lipinski definition) is 1. The van der Waals surface area contributed by atoms with Crippen LogP contribution in [-0.2, 0) is 0 Å². The Morgan fingerprint density at radius 3 is 2.54 bits per heavy atom. The van der Waals surface area contributed by atoms with Crippen LogP contribution in [0.25, 0.3) is 0 Å². The van der Waals surface area contributed by atoms with E-state index in [0.717, 1.165) is 22.4 Å². The number of rotatable bonds is 2. The fraction of sp³-hybridized carbons (Fsp3) is 0.364. The topological polar surface area (TPSA) is 43.1 Å². The predicted octanol–water partition coefficient (Wildman–Crippen LogP) is 2.48. The van der Waals surface area contributed by atoms with Gasteiger partial charge in [-0.2, -0.15) is 0 Å². The minimum absolute atomic E-state index is 0.157. The molecule has 13 heavy (non-hydrogen) atoms. The van der Waals surface area contributed by atoms with Crippen LogP contribution in [0.1, 0.15) is 34.8 Å². The molecule has 0 aromatic heterocycles. The van der Waals surface area contributed by atoms with Gasteiger partial charge in [0.1, 0.15) is 0 Å². The molecule has 0 aliphatic carbocycles. The zero-order valence-corrected chi connectivity index (χ0v) is 8.35. The van der Waals surface area contributed by atoms with Crippen LogP contribution in [0.4, 0.5) is 5.69 Å². The van der Waals surface area contributed by atoms with Crippen molar-refractivity contribution in [3.63, 3.8) is 0 Å². The fourth-order valence-corrected chi connectivity index (χ4v) is 1.36. The van der Waals surface area contributed by atoms with Crippen LogP contribution in [0.3, 0.4) is 0 Å². The molecule has 0 aliphatic rings. The van der Waals surface area contributed by atoms with Gasteiger partial charge in [-0.1, -0.05) is 19.1 Å². The first-order chi connectivity index (χ1) is 6.07. The van der Waals surface area contributed by atoms with E-state index >= 15 is 0 Å². The molecule has 0 bridgehead atoms. The molecule has 0 aliphatic heterocycles. The van der Waals surface area contributed by atoms with E-state index in [1.165, 1.54) is 0 Å². The molecule has 1 aromatic rings. The van der Waals surface area contributed by atoms with Gasteiger partial charge in [0.05, 0.1) is 0 Å². The highest BCUT2D eigenvalue weighted by Gasteiger charge is 2.09. The summed E-state index contributed by atoms with van der Waals surface area (Å²) < 4.78 is 0. The highest BCUT2D eigenvalue weighted by molar-refractivity contribution is 5.98. The Morgan fingerprint density at radius 2 is 2.00 bits per heavy atom. The Kier molecular flexibility index (Phi) is 2.71. The minimum Gasteiger partial charge on any atom is -0.398 e. The van der Waals surface area contributed by atoms with E-state index in [1.54, 1.807) is 0 Å². The number of aryl methyl sites for hydroxylation is 1. The minimum atomic E-state index is 0.157. The smallest absolute Gasteiger partial charge is 0.162 e. The van der Waals surface area contributed by atoms with Crippen LogP contribution in [-0.4, -0.2) is 5.78 Å². The van der Waals surface area contributed by atoms with E-state index in [2.05, 4.69) is 0 Å². The first kappa shape index (κ1) is 9.78. The molecule has 0 radical (unpaired) electrons. The summed E-state index contributed by atoms with van der Waals surface area (Å²) in [5.41, 5.74) is 9.26. The summed E-state index contributed by atoms with van der Waals surface area (Å²) >= 11 is 0. The predicted molar refractivity (Wildman–Crippen MR) is 54.9 cm³/mol. The summed E-state index contributed by atoms with van der Waals surface area (Å²) in [6.07, 6.45) is 0.531. The summed E-state index contributed by atoms with van der Waals surface area (Å²) in [6, 6.07) is 3.75. The van der Waals surface area contributed by atoms with E-state index in [4.69, 9.17) is 5.73 Å². The van der Waals surface area contributed by atoms with Crippen molar-refractivity contribution in [2.75, 3.05) is 5.73 Å². The molecule has 2 heteroatoms. The van der Waals surface area contributed by atoms with Gasteiger partial charge in [-0.25, -0.2) is 0 Å². The Bertz CT molecular complexity index is 342. The van der Waals surface area contributed by atoms with Gasteiger partial charge in [0.15, 0.2) is 5.78 Å². The van der Waals surface area contributed by atoms with E-state index in [9.17, 15) is 4.79 Å². The third-order valence-corrected chi connectivity index (χ3v) is 2.35. The molecule has 1 aromatic carbocycles. The summed E-state index contributed by atoms with van der Waals surface area (Å²) in [5, 5.41) is 0. The highest BCUT2D eigenvalue weighted by atomic mass is 16.1. The quantitative estimate of drug-likeness (QED) is 0.557. The second-order valence-corrected chi connectivity index (χ2v) is 3.25. The molecule has 70 valence electrons. The number of carbonyl (C=O) groups is 1. The highest BCUT2D eigenvalue weighted by Crippen LogP contribution is 2.21. The van der Waals surface area contributed by atoms with Crippen molar-refractivity contribution in [2.45, 2.75) is 27.2 Å². The summed E-state index contributed by atoms with van der Waals surface area (Å²) in [4.78, 5) is 11.4. The maximum absolute atomic E-state index is 11.4. The lowest BCUT2D eigenvalue weighted by Crippen LogP contribution is -2.04. The van der Waals surface area contributed by atoms with Gasteiger partial charge in [-0.3, -0.25) is 4.79 Å². The van der Waals surface area contributed by atoms with Gasteiger partial charge in [0.25, 0.3) is 0 Å². The van der Waals surface area contributed by atoms with E-state index in [1.807, 2.05) is 32.9 Å². The molecule has 1 rings (SSSR count). The van der Waals surface area contributed by atoms with Crippen LogP contribution in [0.5, 0.6) is 0 Å². The summed E-state index contributed by atoms with van der Waals surface area (Å²) in [5.74, 6) is 0.157. The van der Waals surface area contributed by atoms with Gasteiger partial charge in [-0.15, -0.1) is 0 Å². The van der Waals surface area contributed by atoms with Gasteiger partial charge in [0.2, 0.25) is 0 Å². The molecule has 0 heterocycles. The number of nitrogens with two attached hydrogens (primary N) is 1. The summed E-state index contributed by atoms with van der Waals surface area (Å²) in [7, 11) is 0. The lowest BCUT2D eigenvalue weighted by molar-refractivity contribution is 0.0987. The van der Waals surface area contributed by atoms with Gasteiger partial charge >= 0.3 is 0 Å². The number of carbonyl (C=O) groups excluding carboxylic acids is 1. The first-order valence-corrected chi connectivity index (χ1v) is 4.46. The monoisotopic (exact) mass is 177 g/mol. The first-order valence-electron chi connectivity index (χ1n) is 4.46. The van der Waals surface area contributed by atoms with Gasteiger partial charge in [-0.05, 0) is 25.0 Å². The Morgan fingerprint density at radius 1 is 1.38 bits per heavy atom. The maximum atomic E-state index is 11.4. The van der Waals surface area contributed by atoms with Gasteiger partial charge in [0, 0.05) is 17.7 Å². The van der Waals surface area contributed by atoms with Crippen molar-refractivity contribution in [3.8, 4) is 0 Å². The van der Waals surface area contributed by atoms with Crippen molar-refractivity contribution in [1.29, 1.82) is 0 Å². The second-order valence-electron chi connectivity index (χ2n) is 3.25. The van der Waals surface area contributed by atoms with Crippen LogP contribution in [0, 0.1) is 13.8 Å². The molecular weight excluding hydrogens is 162 g/mol. The third-order valence-electron chi connectivity index (χ3n) is 2.35. The Labute approximate surface area is 78.8 Å². The van der Waals surface area contributed by atoms with E-state index < -0.39 is 0 Å². The van der Waals surface area contributed by atoms with Crippen molar-refractivity contribution >= 4 is 11.5 Å². The SMILES string of the molecule is CCC(=O)c1ccc(C)c(N)c1C. The Balaban J connectivity index is 3.26. The molecule has 0 amide bonds. The zero-order valence-electron chi connectivity index (χ0n) is 8.35. The number of ketones is 1. The molecule has 2 nitrogen and oxygen atoms in total. The molecule has 0 spiro atoms. The average molecular weight is 177 g/mol. The standard InChI is InChI=1S/C11H15NO/c1-4-10(13)9-6-5-7(2)11(12)8(9)3/h5-6H,4,12H2,1-3H3. The van der Waals surface area contributed by atoms with Crippen LogP contribution < -0.4 is 5.73 Å². The molecule has 2 N–H and O–H groups in total. The normalized spacial score (nSPS) is 10.1. The number of anilines is 1. The van der Waals surface area contributed by atoms with Crippen molar-refractivity contribution < 1.29 is 4.79 Å². The molecule has 0 saturated heterocycles. The molecule has 0 fully saturated rings. The fourth-order valence-electron chi connectivity index (χ4n) is 1.36. The molecule has 0 unspecified atom stereocenters. The largest absolute Gasteiger partial charge is 0.398 e. The number of benzene rings is 1. The molecular formula is C11H15NO. The third kappa shape index (κ3) is 1.72. The van der Waals surface area contributed by atoms with Crippen molar-refractivity contribution in [2.24, 2.45) is 0 Å². The maximum Gasteiger partial charge on any atom is 0.162 e. The van der Waals surface area contributed by atoms with Crippen molar-refractivity contribution in [3.05, 3.63) is 28.8 Å². The zero-order chi connectivity index (χ0) is 10.0. The number of nitrogen functional groups attached to an aromatic ring is 1. The molecule has 0 atom stereocenters. The van der Waals surface area contributed by atoms with Gasteiger partial charge < -0.3 is 5.73 Å². The van der Waals surface area contributed by atoms with Crippen molar-refractivity contribution in [1.82, 2.24) is 0 Å². The van der Waals surface area contributed by atoms with Crippen LogP contribution in [0.2, 0.25) is 0 Å². The van der Waals surface area contributed by atoms with Crippen LogP contribution in [0.15, 0.2) is 12.1 Å². The number of hydrogen-bond acceptors (Lipinski definition) is 2. The summed E-state index contributed by atoms with van der Waals surface area (Å²) in [6.45, 7) is 5.70. The Hall–Kier alpha value is -1.31. The van der Waals surface area contributed by atoms with E-state index in [-0.39, 0.29) is 5.78 Å². The average Bonchev–Trinajstić information content (AvgIpc) is 2.13. The second kappa shape index (κ2) is 3.60. The number of Topliss-reactive ketones (excluding diaryl/α,β-unsaturated/α-hetero) is 1. The van der Waals surface area contributed by atoms with E-state index in [0.29, 0.717) is 6.42 Å². The van der Waals surface area contributed by atoms with Crippen LogP contribution >= 0.6 is 0 Å².